The normalized spacial score (nSPS) is 15.6. The van der Waals surface area contributed by atoms with Crippen LogP contribution in [-0.2, 0) is 16.1 Å². The van der Waals surface area contributed by atoms with E-state index in [2.05, 4.69) is 26.0 Å². The van der Waals surface area contributed by atoms with Gasteiger partial charge in [-0.2, -0.15) is 0 Å². The van der Waals surface area contributed by atoms with E-state index < -0.39 is 0 Å². The summed E-state index contributed by atoms with van der Waals surface area (Å²) in [6, 6.07) is 10.1. The van der Waals surface area contributed by atoms with Gasteiger partial charge in [0.2, 0.25) is 11.8 Å². The highest BCUT2D eigenvalue weighted by Crippen LogP contribution is 2.22. The van der Waals surface area contributed by atoms with Gasteiger partial charge in [-0.3, -0.25) is 9.59 Å². The van der Waals surface area contributed by atoms with E-state index in [9.17, 15) is 9.59 Å². The summed E-state index contributed by atoms with van der Waals surface area (Å²) >= 11 is 0. The third kappa shape index (κ3) is 5.08. The van der Waals surface area contributed by atoms with Crippen molar-refractivity contribution in [2.24, 2.45) is 11.8 Å². The van der Waals surface area contributed by atoms with E-state index in [1.807, 2.05) is 34.9 Å². The van der Waals surface area contributed by atoms with Gasteiger partial charge in [0.1, 0.15) is 0 Å². The molecule has 132 valence electrons. The average molecular weight is 330 g/mol. The van der Waals surface area contributed by atoms with Crippen molar-refractivity contribution in [2.45, 2.75) is 46.6 Å². The molecule has 0 bridgehead atoms. The lowest BCUT2D eigenvalue weighted by molar-refractivity contribution is -0.141. The number of piperidine rings is 1. The van der Waals surface area contributed by atoms with Gasteiger partial charge in [0.25, 0.3) is 0 Å². The second-order valence-corrected chi connectivity index (χ2v) is 7.09. The van der Waals surface area contributed by atoms with Crippen molar-refractivity contribution >= 4 is 11.8 Å². The van der Waals surface area contributed by atoms with Gasteiger partial charge in [0.05, 0.1) is 0 Å². The zero-order valence-electron chi connectivity index (χ0n) is 15.2. The van der Waals surface area contributed by atoms with Crippen LogP contribution in [0.3, 0.4) is 0 Å². The SMILES string of the molecule is CCN(Cc1ccccc1)C(=O)C1CCN(C(=O)CC(C)C)CC1. The summed E-state index contributed by atoms with van der Waals surface area (Å²) in [5.74, 6) is 0.903. The number of rotatable bonds is 6. The van der Waals surface area contributed by atoms with Crippen LogP contribution in [-0.4, -0.2) is 41.2 Å². The lowest BCUT2D eigenvalue weighted by Gasteiger charge is -2.34. The number of amides is 2. The summed E-state index contributed by atoms with van der Waals surface area (Å²) in [5.41, 5.74) is 1.16. The molecule has 4 heteroatoms. The molecule has 1 aromatic rings. The second-order valence-electron chi connectivity index (χ2n) is 7.09. The van der Waals surface area contributed by atoms with Crippen LogP contribution in [0.25, 0.3) is 0 Å². The number of hydrogen-bond donors (Lipinski definition) is 0. The van der Waals surface area contributed by atoms with E-state index in [1.54, 1.807) is 0 Å². The lowest BCUT2D eigenvalue weighted by Crippen LogP contribution is -2.44. The third-order valence-corrected chi connectivity index (χ3v) is 4.69. The first-order chi connectivity index (χ1) is 11.5. The van der Waals surface area contributed by atoms with Crippen LogP contribution >= 0.6 is 0 Å². The Morgan fingerprint density at radius 3 is 2.33 bits per heavy atom. The van der Waals surface area contributed by atoms with E-state index in [1.165, 1.54) is 0 Å². The van der Waals surface area contributed by atoms with Gasteiger partial charge in [-0.05, 0) is 31.2 Å². The minimum absolute atomic E-state index is 0.0526. The number of nitrogens with zero attached hydrogens (tertiary/aromatic N) is 2. The molecule has 0 aromatic heterocycles. The number of hydrogen-bond acceptors (Lipinski definition) is 2. The molecule has 2 amide bonds. The molecule has 0 atom stereocenters. The molecule has 0 spiro atoms. The summed E-state index contributed by atoms with van der Waals surface area (Å²) in [6.45, 7) is 8.98. The molecule has 24 heavy (non-hydrogen) atoms. The fourth-order valence-corrected chi connectivity index (χ4v) is 3.26. The Balaban J connectivity index is 1.87. The van der Waals surface area contributed by atoms with Crippen molar-refractivity contribution in [1.82, 2.24) is 9.80 Å². The quantitative estimate of drug-likeness (QED) is 0.803. The van der Waals surface area contributed by atoms with E-state index in [-0.39, 0.29) is 17.7 Å². The zero-order valence-corrected chi connectivity index (χ0v) is 15.2. The Morgan fingerprint density at radius 1 is 1.17 bits per heavy atom. The highest BCUT2D eigenvalue weighted by molar-refractivity contribution is 5.80. The minimum Gasteiger partial charge on any atom is -0.343 e. The van der Waals surface area contributed by atoms with Crippen LogP contribution in [0.1, 0.15) is 45.6 Å². The highest BCUT2D eigenvalue weighted by atomic mass is 16.2. The van der Waals surface area contributed by atoms with Crippen molar-refractivity contribution in [3.63, 3.8) is 0 Å². The fourth-order valence-electron chi connectivity index (χ4n) is 3.26. The molecule has 0 unspecified atom stereocenters. The van der Waals surface area contributed by atoms with Crippen molar-refractivity contribution < 1.29 is 9.59 Å². The van der Waals surface area contributed by atoms with Crippen LogP contribution < -0.4 is 0 Å². The van der Waals surface area contributed by atoms with Gasteiger partial charge in [-0.25, -0.2) is 0 Å². The first-order valence-corrected chi connectivity index (χ1v) is 9.11. The van der Waals surface area contributed by atoms with Crippen molar-refractivity contribution in [1.29, 1.82) is 0 Å². The van der Waals surface area contributed by atoms with Gasteiger partial charge in [-0.1, -0.05) is 44.2 Å². The smallest absolute Gasteiger partial charge is 0.226 e. The maximum absolute atomic E-state index is 12.8. The minimum atomic E-state index is 0.0526. The Morgan fingerprint density at radius 2 is 1.79 bits per heavy atom. The molecule has 1 saturated heterocycles. The molecular formula is C20H30N2O2. The van der Waals surface area contributed by atoms with Crippen LogP contribution in [0.4, 0.5) is 0 Å². The van der Waals surface area contributed by atoms with Gasteiger partial charge in [-0.15, -0.1) is 0 Å². The summed E-state index contributed by atoms with van der Waals surface area (Å²) in [7, 11) is 0. The third-order valence-electron chi connectivity index (χ3n) is 4.69. The molecule has 0 saturated carbocycles. The standard InChI is InChI=1S/C20H30N2O2/c1-4-21(15-17-8-6-5-7-9-17)20(24)18-10-12-22(13-11-18)19(23)14-16(2)3/h5-9,16,18H,4,10-15H2,1-3H3. The van der Waals surface area contributed by atoms with E-state index in [0.29, 0.717) is 32.0 Å². The van der Waals surface area contributed by atoms with Crippen LogP contribution in [0.15, 0.2) is 30.3 Å². The number of benzene rings is 1. The molecule has 1 fully saturated rings. The fraction of sp³-hybridized carbons (Fsp3) is 0.600. The highest BCUT2D eigenvalue weighted by Gasteiger charge is 2.29. The van der Waals surface area contributed by atoms with Gasteiger partial charge < -0.3 is 9.80 Å². The predicted octanol–water partition coefficient (Wildman–Crippen LogP) is 3.32. The predicted molar refractivity (Wildman–Crippen MR) is 96.3 cm³/mol. The summed E-state index contributed by atoms with van der Waals surface area (Å²) in [4.78, 5) is 28.8. The Kier molecular flexibility index (Phi) is 6.83. The molecule has 2 rings (SSSR count). The first kappa shape index (κ1) is 18.5. The Labute approximate surface area is 145 Å². The lowest BCUT2D eigenvalue weighted by atomic mass is 9.94. The maximum atomic E-state index is 12.8. The molecule has 0 N–H and O–H groups in total. The number of carbonyl (C=O) groups is 2. The monoisotopic (exact) mass is 330 g/mol. The maximum Gasteiger partial charge on any atom is 0.226 e. The van der Waals surface area contributed by atoms with E-state index in [4.69, 9.17) is 0 Å². The number of likely N-dealkylation sites (tertiary alicyclic amines) is 1. The van der Waals surface area contributed by atoms with Crippen LogP contribution in [0.2, 0.25) is 0 Å². The van der Waals surface area contributed by atoms with E-state index in [0.717, 1.165) is 24.9 Å². The first-order valence-electron chi connectivity index (χ1n) is 9.11. The Bertz CT molecular complexity index is 534. The average Bonchev–Trinajstić information content (AvgIpc) is 2.59. The molecule has 1 heterocycles. The largest absolute Gasteiger partial charge is 0.343 e. The van der Waals surface area contributed by atoms with Crippen LogP contribution in [0, 0.1) is 11.8 Å². The topological polar surface area (TPSA) is 40.6 Å². The summed E-state index contributed by atoms with van der Waals surface area (Å²) in [6.07, 6.45) is 2.18. The molecule has 1 aliphatic heterocycles. The van der Waals surface area contributed by atoms with Gasteiger partial charge >= 0.3 is 0 Å². The summed E-state index contributed by atoms with van der Waals surface area (Å²) in [5, 5.41) is 0. The van der Waals surface area contributed by atoms with Crippen LogP contribution in [0.5, 0.6) is 0 Å². The Hall–Kier alpha value is -1.84. The molecule has 1 aromatic carbocycles. The van der Waals surface area contributed by atoms with Crippen molar-refractivity contribution in [2.75, 3.05) is 19.6 Å². The van der Waals surface area contributed by atoms with Crippen molar-refractivity contribution in [3.8, 4) is 0 Å². The summed E-state index contributed by atoms with van der Waals surface area (Å²) < 4.78 is 0. The molecule has 0 aliphatic carbocycles. The van der Waals surface area contributed by atoms with Gasteiger partial charge in [0, 0.05) is 38.5 Å². The van der Waals surface area contributed by atoms with E-state index >= 15 is 0 Å². The van der Waals surface area contributed by atoms with Crippen molar-refractivity contribution in [3.05, 3.63) is 35.9 Å². The van der Waals surface area contributed by atoms with Gasteiger partial charge in [0.15, 0.2) is 0 Å². The molecule has 1 aliphatic rings. The molecule has 4 nitrogen and oxygen atoms in total. The molecule has 0 radical (unpaired) electrons. The second kappa shape index (κ2) is 8.86. The molecular weight excluding hydrogens is 300 g/mol. The zero-order chi connectivity index (χ0) is 17.5. The number of carbonyl (C=O) groups excluding carboxylic acids is 2.